The molecule has 0 amide bonds. The van der Waals surface area contributed by atoms with Crippen LogP contribution >= 0.6 is 24.2 Å². The molecule has 0 heterocycles. The SMILES string of the molecule is Cc1ccc(SCC(C)(C)N)cc1.Cl. The van der Waals surface area contributed by atoms with Crippen molar-refractivity contribution in [2.75, 3.05) is 5.75 Å². The van der Waals surface area contributed by atoms with Crippen LogP contribution in [0.5, 0.6) is 0 Å². The topological polar surface area (TPSA) is 26.0 Å². The Bertz CT molecular complexity index is 264. The molecule has 0 atom stereocenters. The summed E-state index contributed by atoms with van der Waals surface area (Å²) in [6.45, 7) is 6.20. The summed E-state index contributed by atoms with van der Waals surface area (Å²) in [5.41, 5.74) is 7.11. The molecule has 0 spiro atoms. The average molecular weight is 232 g/mol. The van der Waals surface area contributed by atoms with Crippen molar-refractivity contribution in [3.05, 3.63) is 29.8 Å². The molecule has 0 aliphatic rings. The van der Waals surface area contributed by atoms with Crippen molar-refractivity contribution in [1.29, 1.82) is 0 Å². The van der Waals surface area contributed by atoms with Crippen LogP contribution in [-0.4, -0.2) is 11.3 Å². The Kier molecular flexibility index (Phi) is 5.57. The van der Waals surface area contributed by atoms with Crippen LogP contribution in [0.3, 0.4) is 0 Å². The molecule has 0 saturated carbocycles. The second-order valence-electron chi connectivity index (χ2n) is 4.09. The second-order valence-corrected chi connectivity index (χ2v) is 5.14. The van der Waals surface area contributed by atoms with E-state index in [0.717, 1.165) is 5.75 Å². The van der Waals surface area contributed by atoms with E-state index in [0.29, 0.717) is 0 Å². The molecule has 0 saturated heterocycles. The smallest absolute Gasteiger partial charge is 0.0192 e. The van der Waals surface area contributed by atoms with Crippen LogP contribution in [0.15, 0.2) is 29.2 Å². The minimum atomic E-state index is -0.0877. The van der Waals surface area contributed by atoms with E-state index < -0.39 is 0 Å². The van der Waals surface area contributed by atoms with E-state index >= 15 is 0 Å². The number of benzene rings is 1. The molecule has 1 aromatic carbocycles. The molecule has 0 aromatic heterocycles. The molecule has 1 rings (SSSR count). The first-order valence-electron chi connectivity index (χ1n) is 4.46. The standard InChI is InChI=1S/C11H17NS.ClH/c1-9-4-6-10(7-5-9)13-8-11(2,3)12;/h4-7H,8,12H2,1-3H3;1H. The summed E-state index contributed by atoms with van der Waals surface area (Å²) in [5, 5.41) is 0. The number of hydrogen-bond donors (Lipinski definition) is 1. The molecule has 0 fully saturated rings. The Morgan fingerprint density at radius 3 is 2.14 bits per heavy atom. The Morgan fingerprint density at radius 2 is 1.71 bits per heavy atom. The van der Waals surface area contributed by atoms with Gasteiger partial charge in [0.15, 0.2) is 0 Å². The van der Waals surface area contributed by atoms with Crippen LogP contribution in [-0.2, 0) is 0 Å². The van der Waals surface area contributed by atoms with Crippen LogP contribution in [0.4, 0.5) is 0 Å². The van der Waals surface area contributed by atoms with Gasteiger partial charge in [-0.25, -0.2) is 0 Å². The predicted molar refractivity (Wildman–Crippen MR) is 67.4 cm³/mol. The van der Waals surface area contributed by atoms with Gasteiger partial charge in [0.2, 0.25) is 0 Å². The largest absolute Gasteiger partial charge is 0.325 e. The first-order valence-corrected chi connectivity index (χ1v) is 5.44. The van der Waals surface area contributed by atoms with Crippen molar-refractivity contribution in [3.63, 3.8) is 0 Å². The van der Waals surface area contributed by atoms with Crippen LogP contribution in [0.2, 0.25) is 0 Å². The third-order valence-corrected chi connectivity index (χ3v) is 3.13. The van der Waals surface area contributed by atoms with Crippen molar-refractivity contribution in [3.8, 4) is 0 Å². The molecule has 3 heteroatoms. The van der Waals surface area contributed by atoms with Crippen molar-refractivity contribution in [1.82, 2.24) is 0 Å². The van der Waals surface area contributed by atoms with E-state index in [-0.39, 0.29) is 17.9 Å². The van der Waals surface area contributed by atoms with E-state index in [4.69, 9.17) is 5.73 Å². The zero-order valence-corrected chi connectivity index (χ0v) is 10.5. The molecule has 0 aliphatic heterocycles. The number of rotatable bonds is 3. The lowest BCUT2D eigenvalue weighted by Gasteiger charge is -2.17. The number of hydrogen-bond acceptors (Lipinski definition) is 2. The minimum absolute atomic E-state index is 0. The minimum Gasteiger partial charge on any atom is -0.325 e. The molecular formula is C11H18ClNS. The Hall–Kier alpha value is -0.180. The summed E-state index contributed by atoms with van der Waals surface area (Å²) in [6.07, 6.45) is 0. The van der Waals surface area contributed by atoms with E-state index in [1.54, 1.807) is 0 Å². The highest BCUT2D eigenvalue weighted by molar-refractivity contribution is 7.99. The number of thioether (sulfide) groups is 1. The fourth-order valence-corrected chi connectivity index (χ4v) is 1.77. The van der Waals surface area contributed by atoms with Gasteiger partial charge in [-0.05, 0) is 32.9 Å². The summed E-state index contributed by atoms with van der Waals surface area (Å²) in [7, 11) is 0. The Balaban J connectivity index is 0.00000169. The van der Waals surface area contributed by atoms with Crippen molar-refractivity contribution in [2.24, 2.45) is 5.73 Å². The summed E-state index contributed by atoms with van der Waals surface area (Å²) < 4.78 is 0. The van der Waals surface area contributed by atoms with Gasteiger partial charge in [0.25, 0.3) is 0 Å². The fourth-order valence-electron chi connectivity index (χ4n) is 0.904. The molecule has 80 valence electrons. The van der Waals surface area contributed by atoms with E-state index in [1.807, 2.05) is 25.6 Å². The zero-order chi connectivity index (χ0) is 9.90. The van der Waals surface area contributed by atoms with Gasteiger partial charge in [0, 0.05) is 16.2 Å². The molecule has 0 aliphatic carbocycles. The third kappa shape index (κ3) is 5.53. The molecule has 2 N–H and O–H groups in total. The van der Waals surface area contributed by atoms with E-state index in [2.05, 4.69) is 31.2 Å². The molecular weight excluding hydrogens is 214 g/mol. The number of aryl methyl sites for hydroxylation is 1. The van der Waals surface area contributed by atoms with Gasteiger partial charge in [0.05, 0.1) is 0 Å². The van der Waals surface area contributed by atoms with Gasteiger partial charge in [-0.1, -0.05) is 17.7 Å². The first kappa shape index (κ1) is 13.8. The zero-order valence-electron chi connectivity index (χ0n) is 8.91. The van der Waals surface area contributed by atoms with Crippen molar-refractivity contribution in [2.45, 2.75) is 31.2 Å². The van der Waals surface area contributed by atoms with Crippen molar-refractivity contribution >= 4 is 24.2 Å². The lowest BCUT2D eigenvalue weighted by atomic mass is 10.1. The summed E-state index contributed by atoms with van der Waals surface area (Å²) in [5.74, 6) is 0.954. The second kappa shape index (κ2) is 5.64. The molecule has 0 radical (unpaired) electrons. The van der Waals surface area contributed by atoms with Crippen LogP contribution in [0.25, 0.3) is 0 Å². The third-order valence-electron chi connectivity index (χ3n) is 1.63. The monoisotopic (exact) mass is 231 g/mol. The number of halogens is 1. The maximum absolute atomic E-state index is 5.89. The number of nitrogens with two attached hydrogens (primary N) is 1. The quantitative estimate of drug-likeness (QED) is 0.809. The highest BCUT2D eigenvalue weighted by Gasteiger charge is 2.10. The van der Waals surface area contributed by atoms with Crippen LogP contribution < -0.4 is 5.73 Å². The normalized spacial score (nSPS) is 10.9. The molecule has 0 unspecified atom stereocenters. The summed E-state index contributed by atoms with van der Waals surface area (Å²) in [6, 6.07) is 8.55. The van der Waals surface area contributed by atoms with Crippen LogP contribution in [0, 0.1) is 6.92 Å². The lowest BCUT2D eigenvalue weighted by molar-refractivity contribution is 0.591. The van der Waals surface area contributed by atoms with Gasteiger partial charge in [-0.3, -0.25) is 0 Å². The highest BCUT2D eigenvalue weighted by Crippen LogP contribution is 2.21. The molecule has 1 aromatic rings. The highest BCUT2D eigenvalue weighted by atomic mass is 35.5. The maximum atomic E-state index is 5.89. The summed E-state index contributed by atoms with van der Waals surface area (Å²) in [4.78, 5) is 1.30. The van der Waals surface area contributed by atoms with Gasteiger partial charge in [-0.2, -0.15) is 0 Å². The van der Waals surface area contributed by atoms with Crippen LogP contribution in [0.1, 0.15) is 19.4 Å². The molecule has 1 nitrogen and oxygen atoms in total. The van der Waals surface area contributed by atoms with E-state index in [9.17, 15) is 0 Å². The maximum Gasteiger partial charge on any atom is 0.0192 e. The van der Waals surface area contributed by atoms with Gasteiger partial charge < -0.3 is 5.73 Å². The van der Waals surface area contributed by atoms with Gasteiger partial charge >= 0.3 is 0 Å². The first-order chi connectivity index (χ1) is 5.97. The fraction of sp³-hybridized carbons (Fsp3) is 0.455. The molecule has 14 heavy (non-hydrogen) atoms. The van der Waals surface area contributed by atoms with Gasteiger partial charge in [0.1, 0.15) is 0 Å². The average Bonchev–Trinajstić information content (AvgIpc) is 2.02. The molecule has 0 bridgehead atoms. The lowest BCUT2D eigenvalue weighted by Crippen LogP contribution is -2.34. The summed E-state index contributed by atoms with van der Waals surface area (Å²) >= 11 is 1.81. The van der Waals surface area contributed by atoms with Gasteiger partial charge in [-0.15, -0.1) is 24.2 Å². The van der Waals surface area contributed by atoms with Crippen molar-refractivity contribution < 1.29 is 0 Å². The van der Waals surface area contributed by atoms with E-state index in [1.165, 1.54) is 10.5 Å². The Morgan fingerprint density at radius 1 is 1.21 bits per heavy atom. The predicted octanol–water partition coefficient (Wildman–Crippen LogP) is 3.25. The Labute approximate surface area is 96.9 Å².